The third-order valence-electron chi connectivity index (χ3n) is 14.6. The van der Waals surface area contributed by atoms with Crippen molar-refractivity contribution in [2.24, 2.45) is 0 Å². The fraction of sp³-hybridized carbons (Fsp3) is 0.500. The van der Waals surface area contributed by atoms with Crippen molar-refractivity contribution < 1.29 is 53.3 Å². The van der Waals surface area contributed by atoms with E-state index >= 15 is 4.79 Å². The number of methoxy groups -OCH3 is 2. The van der Waals surface area contributed by atoms with Crippen molar-refractivity contribution in [1.29, 1.82) is 0 Å². The summed E-state index contributed by atoms with van der Waals surface area (Å²) in [5.41, 5.74) is 2.96. The molecule has 3 saturated heterocycles. The molecule has 4 aromatic rings. The number of phenolic OH excluding ortho intramolecular Hbond substituents is 1. The number of nitrogens with one attached hydrogen (secondary N) is 2. The number of rotatable bonds is 7. The van der Waals surface area contributed by atoms with Crippen LogP contribution in [0.1, 0.15) is 89.5 Å². The van der Waals surface area contributed by atoms with Crippen molar-refractivity contribution >= 4 is 34.6 Å². The molecule has 11 rings (SSSR count). The monoisotopic (exact) mass is 840 g/mol. The Hall–Kier alpha value is -4.71. The van der Waals surface area contributed by atoms with Gasteiger partial charge < -0.3 is 48.7 Å². The Balaban J connectivity index is 1.15. The molecule has 0 spiro atoms. The standard InChI is InChI=1S/C44H48N4O11S/c1-18-10-25-28(35(51)36(18)55-6)33-34-40(60-7)44(59-41(52)32-31-24(11-21(14-49)45-32)23-12-22(54-5)8-9-26(23)46-31)13-27(48(34)43(53)15-42(25,4)47(33)16-43)29-30(44)37(58-20(3)50)19(2)38-39(29)57-17-56-38/h8-10,12,21,27,32-34,40,45-46,49,51,53H,11,13-17H2,1-7H3/t21-,27-,32+,33-,34+,40-,42?,43-,44-/m0/s1. The van der Waals surface area contributed by atoms with E-state index in [9.17, 15) is 20.1 Å². The van der Waals surface area contributed by atoms with Crippen LogP contribution in [-0.2, 0) is 31.9 Å². The number of H-pyrrole nitrogens is 1. The number of esters is 2. The second kappa shape index (κ2) is 12.7. The van der Waals surface area contributed by atoms with Gasteiger partial charge in [0.25, 0.3) is 0 Å². The summed E-state index contributed by atoms with van der Waals surface area (Å²) in [6, 6.07) is 4.64. The molecule has 0 saturated carbocycles. The summed E-state index contributed by atoms with van der Waals surface area (Å²) >= 11 is 1.50. The number of hydrogen-bond donors (Lipinski definition) is 5. The number of hydrogen-bond acceptors (Lipinski definition) is 15. The molecule has 5 N–H and O–H groups in total. The molecule has 0 amide bonds. The van der Waals surface area contributed by atoms with Gasteiger partial charge in [0, 0.05) is 88.8 Å². The first kappa shape index (κ1) is 38.2. The number of aromatic hydroxyl groups is 1. The number of ether oxygens (including phenoxy) is 6. The zero-order valence-electron chi connectivity index (χ0n) is 34.4. The molecular weight excluding hydrogens is 793 g/mol. The van der Waals surface area contributed by atoms with E-state index in [1.807, 2.05) is 31.4 Å². The third kappa shape index (κ3) is 4.64. The summed E-state index contributed by atoms with van der Waals surface area (Å²) < 4.78 is 37.1. The lowest BCUT2D eigenvalue weighted by Gasteiger charge is -2.59. The number of phenols is 1. The average Bonchev–Trinajstić information content (AvgIpc) is 4.00. The molecule has 6 aliphatic heterocycles. The molecule has 60 heavy (non-hydrogen) atoms. The minimum Gasteiger partial charge on any atom is -0.504 e. The van der Waals surface area contributed by atoms with E-state index in [1.165, 1.54) is 18.7 Å². The number of piperidine rings is 1. The number of aromatic nitrogens is 1. The van der Waals surface area contributed by atoms with Crippen molar-refractivity contribution in [2.45, 2.75) is 99.3 Å². The van der Waals surface area contributed by atoms with Crippen LogP contribution in [0.2, 0.25) is 0 Å². The van der Waals surface area contributed by atoms with E-state index < -0.39 is 64.3 Å². The minimum atomic E-state index is -1.48. The number of carbonyl (C=O) groups is 2. The van der Waals surface area contributed by atoms with Gasteiger partial charge in [-0.05, 0) is 74.4 Å². The number of benzene rings is 3. The van der Waals surface area contributed by atoms with Crippen molar-refractivity contribution in [3.63, 3.8) is 0 Å². The lowest BCUT2D eigenvalue weighted by molar-refractivity contribution is -0.219. The number of aryl methyl sites for hydroxylation is 1. The van der Waals surface area contributed by atoms with Gasteiger partial charge in [-0.2, -0.15) is 11.8 Å². The molecule has 0 radical (unpaired) electrons. The van der Waals surface area contributed by atoms with Gasteiger partial charge in [-0.25, -0.2) is 4.79 Å². The van der Waals surface area contributed by atoms with Crippen LogP contribution in [0.4, 0.5) is 0 Å². The van der Waals surface area contributed by atoms with Crippen LogP contribution in [0.3, 0.4) is 0 Å². The number of fused-ring (bicyclic) bond motifs is 18. The fourth-order valence-corrected chi connectivity index (χ4v) is 13.8. The maximum Gasteiger partial charge on any atom is 0.330 e. The predicted octanol–water partition coefficient (Wildman–Crippen LogP) is 4.39. The molecule has 3 fully saturated rings. The molecule has 1 unspecified atom stereocenters. The second-order valence-electron chi connectivity index (χ2n) is 17.6. The average molecular weight is 841 g/mol. The third-order valence-corrected chi connectivity index (χ3v) is 15.8. The summed E-state index contributed by atoms with van der Waals surface area (Å²) in [6.07, 6.45) is 2.98. The second-order valence-corrected chi connectivity index (χ2v) is 18.6. The minimum absolute atomic E-state index is 0.0540. The molecule has 4 bridgehead atoms. The smallest absolute Gasteiger partial charge is 0.330 e. The molecule has 7 heterocycles. The van der Waals surface area contributed by atoms with Gasteiger partial charge in [-0.3, -0.25) is 19.9 Å². The molecule has 7 aliphatic rings. The van der Waals surface area contributed by atoms with E-state index in [1.54, 1.807) is 21.1 Å². The Kier molecular flexibility index (Phi) is 8.08. The van der Waals surface area contributed by atoms with Crippen LogP contribution in [-0.4, -0.2) is 106 Å². The Labute approximate surface area is 350 Å². The highest BCUT2D eigenvalue weighted by Crippen LogP contribution is 2.73. The quantitative estimate of drug-likeness (QED) is 0.130. The highest BCUT2D eigenvalue weighted by atomic mass is 32.2. The number of piperazine rings is 1. The normalized spacial score (nSPS) is 32.7. The van der Waals surface area contributed by atoms with E-state index in [4.69, 9.17) is 28.4 Å². The number of aromatic amines is 1. The topological polar surface area (TPSA) is 185 Å². The van der Waals surface area contributed by atoms with E-state index in [-0.39, 0.29) is 31.3 Å². The molecule has 1 aliphatic carbocycles. The van der Waals surface area contributed by atoms with Gasteiger partial charge in [0.1, 0.15) is 23.3 Å². The summed E-state index contributed by atoms with van der Waals surface area (Å²) in [5, 5.41) is 39.5. The maximum absolute atomic E-state index is 15.4. The highest BCUT2D eigenvalue weighted by molar-refractivity contribution is 7.99. The lowest BCUT2D eigenvalue weighted by Crippen LogP contribution is -2.70. The number of aliphatic hydroxyl groups is 2. The molecular formula is C44H48N4O11S. The molecule has 9 atom stereocenters. The Morgan fingerprint density at radius 3 is 2.58 bits per heavy atom. The molecule has 1 aromatic heterocycles. The molecule has 16 heteroatoms. The van der Waals surface area contributed by atoms with Gasteiger partial charge in [0.2, 0.25) is 6.79 Å². The summed E-state index contributed by atoms with van der Waals surface area (Å²) in [7, 11) is 3.15. The highest BCUT2D eigenvalue weighted by Gasteiger charge is 2.76. The van der Waals surface area contributed by atoms with Crippen molar-refractivity contribution in [3.05, 3.63) is 68.9 Å². The van der Waals surface area contributed by atoms with E-state index in [2.05, 4.69) is 33.1 Å². The fourth-order valence-electron chi connectivity index (χ4n) is 12.6. The number of thioether (sulfide) groups is 1. The van der Waals surface area contributed by atoms with Crippen LogP contribution in [0.25, 0.3) is 10.9 Å². The predicted molar refractivity (Wildman–Crippen MR) is 218 cm³/mol. The molecule has 3 aromatic carbocycles. The first-order valence-corrected chi connectivity index (χ1v) is 21.7. The van der Waals surface area contributed by atoms with E-state index in [0.29, 0.717) is 64.8 Å². The van der Waals surface area contributed by atoms with Crippen LogP contribution < -0.4 is 29.0 Å². The number of aliphatic hydroxyl groups excluding tert-OH is 1. The largest absolute Gasteiger partial charge is 0.504 e. The number of nitrogens with zero attached hydrogens (tertiary/aromatic N) is 2. The van der Waals surface area contributed by atoms with Crippen molar-refractivity contribution in [3.8, 4) is 34.5 Å². The zero-order valence-corrected chi connectivity index (χ0v) is 35.2. The van der Waals surface area contributed by atoms with Gasteiger partial charge in [-0.1, -0.05) is 0 Å². The van der Waals surface area contributed by atoms with Crippen LogP contribution in [0.5, 0.6) is 34.5 Å². The van der Waals surface area contributed by atoms with Crippen molar-refractivity contribution in [1.82, 2.24) is 20.1 Å². The maximum atomic E-state index is 15.4. The lowest BCUT2D eigenvalue weighted by atomic mass is 9.75. The Morgan fingerprint density at radius 1 is 1.08 bits per heavy atom. The van der Waals surface area contributed by atoms with Crippen molar-refractivity contribution in [2.75, 3.05) is 40.4 Å². The zero-order chi connectivity index (χ0) is 41.9. The summed E-state index contributed by atoms with van der Waals surface area (Å²) in [6.45, 7) is 7.18. The molecule has 316 valence electrons. The summed E-state index contributed by atoms with van der Waals surface area (Å²) in [4.78, 5) is 36.5. The van der Waals surface area contributed by atoms with Crippen LogP contribution in [0, 0.1) is 13.8 Å². The number of carbonyl (C=O) groups excluding carboxylic acids is 2. The van der Waals surface area contributed by atoms with Crippen LogP contribution in [0.15, 0.2) is 24.3 Å². The van der Waals surface area contributed by atoms with Gasteiger partial charge in [0.15, 0.2) is 28.6 Å². The first-order chi connectivity index (χ1) is 28.7. The van der Waals surface area contributed by atoms with E-state index in [0.717, 1.165) is 33.2 Å². The van der Waals surface area contributed by atoms with Gasteiger partial charge >= 0.3 is 11.9 Å². The van der Waals surface area contributed by atoms with Gasteiger partial charge in [0.05, 0.1) is 32.1 Å². The van der Waals surface area contributed by atoms with Gasteiger partial charge in [-0.15, -0.1) is 0 Å². The Morgan fingerprint density at radius 2 is 1.87 bits per heavy atom. The van der Waals surface area contributed by atoms with Crippen LogP contribution >= 0.6 is 11.8 Å². The Bertz CT molecular complexity index is 2580. The molecule has 15 nitrogen and oxygen atoms in total. The SMILES string of the molecule is COc1ccc2[nH]c3c(c2c1)C[C@@H](CO)N[C@H]3C(=O)O[C@@]12C[C@@H](c3c4c(c(C)c(OC(C)=O)c31)OCO4)N1[C@H]([C@@H]3c4c(cc(C)c(OC)c4O)C4(C)C[C@]1(O)CN34)[C@@H]2SC. The summed E-state index contributed by atoms with van der Waals surface area (Å²) in [5.74, 6) is 1.08. The first-order valence-electron chi connectivity index (χ1n) is 20.4.